The normalized spacial score (nSPS) is 25.2. The molecule has 1 saturated heterocycles. The lowest BCUT2D eigenvalue weighted by Crippen LogP contribution is -2.55. The van der Waals surface area contributed by atoms with Crippen LogP contribution in [0.1, 0.15) is 6.04 Å². The molecule has 33 heavy (non-hydrogen) atoms. The van der Waals surface area contributed by atoms with E-state index in [1.807, 2.05) is 0 Å². The monoisotopic (exact) mass is 575 g/mol. The second-order valence-electron chi connectivity index (χ2n) is 6.88. The molecule has 1 aliphatic heterocycles. The number of halogens is 3. The molecule has 3 aromatic rings. The molecular weight excluding hydrogens is 561 g/mol. The van der Waals surface area contributed by atoms with Crippen LogP contribution >= 0.6 is 50.9 Å². The molecule has 3 aromatic heterocycles. The lowest BCUT2D eigenvalue weighted by Gasteiger charge is -2.43. The van der Waals surface area contributed by atoms with Gasteiger partial charge in [-0.25, -0.2) is 9.36 Å². The number of aromatic nitrogens is 6. The molecule has 4 rings (SSSR count). The predicted octanol–water partition coefficient (Wildman–Crippen LogP) is 2.91. The Bertz CT molecular complexity index is 1170. The minimum Gasteiger partial charge on any atom is -0.394 e. The van der Waals surface area contributed by atoms with E-state index < -0.39 is 36.4 Å². The van der Waals surface area contributed by atoms with Crippen molar-refractivity contribution in [2.24, 2.45) is 0 Å². The van der Waals surface area contributed by atoms with E-state index in [9.17, 15) is 10.2 Å². The molecule has 0 spiro atoms. The zero-order valence-corrected chi connectivity index (χ0v) is 20.7. The Hall–Kier alpha value is -1.76. The van der Waals surface area contributed by atoms with Gasteiger partial charge in [0.2, 0.25) is 0 Å². The van der Waals surface area contributed by atoms with E-state index in [0.29, 0.717) is 15.2 Å². The summed E-state index contributed by atoms with van der Waals surface area (Å²) in [5.74, 6) is 0.508. The molecule has 0 bridgehead atoms. The van der Waals surface area contributed by atoms with Gasteiger partial charge in [0.15, 0.2) is 11.0 Å². The number of pyridine rings is 1. The Labute approximate surface area is 210 Å². The second kappa shape index (κ2) is 10.2. The average molecular weight is 577 g/mol. The van der Waals surface area contributed by atoms with Gasteiger partial charge < -0.3 is 24.5 Å². The number of rotatable bonds is 6. The molecule has 15 heteroatoms. The van der Waals surface area contributed by atoms with E-state index in [1.165, 1.54) is 40.6 Å². The Balaban J connectivity index is 1.68. The number of aliphatic hydroxyl groups excluding tert-OH is 2. The Morgan fingerprint density at radius 3 is 2.82 bits per heavy atom. The van der Waals surface area contributed by atoms with Gasteiger partial charge in [-0.3, -0.25) is 0 Å². The van der Waals surface area contributed by atoms with Crippen LogP contribution in [-0.2, 0) is 9.47 Å². The Kier molecular flexibility index (Phi) is 7.56. The molecule has 11 nitrogen and oxygen atoms in total. The standard InChI is InChI=1S/C18H16BrCl2N7O4S/c1-22-17-11(3-8(19)4-23-17)33-18-15(31-2)13(14(30)10(7-29)32-18)28-6-12(24-26-28)27-5-9(20)16(21)25-27/h3-6,10,13-15,18,29-30H,7H2,2H3/t10?,13-,14-,15?,18+/m0/s1. The van der Waals surface area contributed by atoms with Crippen LogP contribution in [0.3, 0.4) is 0 Å². The van der Waals surface area contributed by atoms with E-state index in [4.69, 9.17) is 39.2 Å². The van der Waals surface area contributed by atoms with Crippen LogP contribution in [0.5, 0.6) is 0 Å². The van der Waals surface area contributed by atoms with E-state index in [0.717, 1.165) is 0 Å². The SMILES string of the molecule is [C-]#[N+]c1ncc(Br)cc1S[C@H]1OC(CO)[C@H](O)[C@H](n2cc(-n3cc(Cl)c(Cl)n3)nn2)C1OC. The summed E-state index contributed by atoms with van der Waals surface area (Å²) >= 11 is 16.4. The van der Waals surface area contributed by atoms with Crippen molar-refractivity contribution in [3.63, 3.8) is 0 Å². The van der Waals surface area contributed by atoms with E-state index in [2.05, 4.69) is 41.2 Å². The van der Waals surface area contributed by atoms with Gasteiger partial charge in [0, 0.05) is 12.0 Å². The van der Waals surface area contributed by atoms with Crippen LogP contribution in [0.15, 0.2) is 34.0 Å². The van der Waals surface area contributed by atoms with Crippen LogP contribution in [0.4, 0.5) is 5.82 Å². The first kappa shape index (κ1) is 24.4. The quantitative estimate of drug-likeness (QED) is 0.426. The highest BCUT2D eigenvalue weighted by atomic mass is 79.9. The highest BCUT2D eigenvalue weighted by Gasteiger charge is 2.47. The zero-order valence-electron chi connectivity index (χ0n) is 16.8. The fourth-order valence-corrected chi connectivity index (χ4v) is 5.38. The number of ether oxygens (including phenoxy) is 2. The number of methoxy groups -OCH3 is 1. The van der Waals surface area contributed by atoms with Crippen LogP contribution in [0, 0.1) is 6.57 Å². The maximum absolute atomic E-state index is 10.9. The molecule has 174 valence electrons. The topological polar surface area (TPSA) is 125 Å². The molecule has 2 unspecified atom stereocenters. The smallest absolute Gasteiger partial charge is 0.283 e. The summed E-state index contributed by atoms with van der Waals surface area (Å²) in [7, 11) is 1.47. The van der Waals surface area contributed by atoms with Crippen molar-refractivity contribution < 1.29 is 19.7 Å². The number of hydrogen-bond acceptors (Lipinski definition) is 9. The van der Waals surface area contributed by atoms with Crippen molar-refractivity contribution in [1.82, 2.24) is 29.8 Å². The fourth-order valence-electron chi connectivity index (χ4n) is 3.39. The highest BCUT2D eigenvalue weighted by molar-refractivity contribution is 9.10. The summed E-state index contributed by atoms with van der Waals surface area (Å²) in [6.45, 7) is 6.94. The number of aliphatic hydroxyl groups is 2. The van der Waals surface area contributed by atoms with Gasteiger partial charge >= 0.3 is 0 Å². The highest BCUT2D eigenvalue weighted by Crippen LogP contribution is 2.42. The average Bonchev–Trinajstić information content (AvgIpc) is 3.41. The van der Waals surface area contributed by atoms with Crippen molar-refractivity contribution in [2.45, 2.75) is 34.7 Å². The summed E-state index contributed by atoms with van der Waals surface area (Å²) in [6.07, 6.45) is 1.72. The molecule has 0 radical (unpaired) electrons. The third-order valence-electron chi connectivity index (χ3n) is 4.91. The number of thioether (sulfide) groups is 1. The summed E-state index contributed by atoms with van der Waals surface area (Å²) in [5.41, 5.74) is -0.710. The fraction of sp³-hybridized carbons (Fsp3) is 0.389. The molecule has 0 saturated carbocycles. The van der Waals surface area contributed by atoms with Crippen LogP contribution in [0.2, 0.25) is 10.2 Å². The lowest BCUT2D eigenvalue weighted by molar-refractivity contribution is -0.186. The van der Waals surface area contributed by atoms with E-state index in [-0.39, 0.29) is 16.0 Å². The zero-order chi connectivity index (χ0) is 23.7. The first-order chi connectivity index (χ1) is 15.9. The Morgan fingerprint density at radius 2 is 2.18 bits per heavy atom. The van der Waals surface area contributed by atoms with Crippen molar-refractivity contribution in [3.05, 3.63) is 50.7 Å². The van der Waals surface area contributed by atoms with Gasteiger partial charge in [-0.05, 0) is 22.0 Å². The molecule has 0 aromatic carbocycles. The first-order valence-electron chi connectivity index (χ1n) is 9.36. The summed E-state index contributed by atoms with van der Waals surface area (Å²) in [5, 5.41) is 33.4. The third-order valence-corrected chi connectivity index (χ3v) is 7.16. The van der Waals surface area contributed by atoms with Crippen molar-refractivity contribution in [2.75, 3.05) is 13.7 Å². The van der Waals surface area contributed by atoms with Crippen molar-refractivity contribution >= 4 is 56.7 Å². The van der Waals surface area contributed by atoms with Crippen LogP contribution in [0.25, 0.3) is 10.7 Å². The van der Waals surface area contributed by atoms with Gasteiger partial charge in [0.25, 0.3) is 5.82 Å². The molecule has 1 fully saturated rings. The Morgan fingerprint density at radius 1 is 1.39 bits per heavy atom. The number of hydrogen-bond donors (Lipinski definition) is 2. The van der Waals surface area contributed by atoms with Crippen molar-refractivity contribution in [1.29, 1.82) is 0 Å². The van der Waals surface area contributed by atoms with Crippen LogP contribution < -0.4 is 0 Å². The molecule has 5 atom stereocenters. The number of nitrogens with zero attached hydrogens (tertiary/aromatic N) is 7. The van der Waals surface area contributed by atoms with E-state index in [1.54, 1.807) is 12.3 Å². The van der Waals surface area contributed by atoms with Gasteiger partial charge in [-0.1, -0.05) is 35.0 Å². The molecule has 1 aliphatic rings. The van der Waals surface area contributed by atoms with Gasteiger partial charge in [0.05, 0.1) is 28.5 Å². The minimum atomic E-state index is -1.17. The lowest BCUT2D eigenvalue weighted by atomic mass is 9.97. The molecule has 0 amide bonds. The minimum absolute atomic E-state index is 0.113. The summed E-state index contributed by atoms with van der Waals surface area (Å²) < 4.78 is 15.1. The summed E-state index contributed by atoms with van der Waals surface area (Å²) in [4.78, 5) is 8.12. The van der Waals surface area contributed by atoms with Crippen molar-refractivity contribution in [3.8, 4) is 5.82 Å². The van der Waals surface area contributed by atoms with Gasteiger partial charge in [-0.2, -0.15) is 5.10 Å². The van der Waals surface area contributed by atoms with Crippen LogP contribution in [-0.4, -0.2) is 77.4 Å². The third kappa shape index (κ3) is 4.89. The molecule has 2 N–H and O–H groups in total. The maximum atomic E-state index is 10.9. The van der Waals surface area contributed by atoms with Gasteiger partial charge in [0.1, 0.15) is 36.0 Å². The molecule has 0 aliphatic carbocycles. The second-order valence-corrected chi connectivity index (χ2v) is 9.70. The largest absolute Gasteiger partial charge is 0.394 e. The maximum Gasteiger partial charge on any atom is 0.283 e. The molecule has 4 heterocycles. The van der Waals surface area contributed by atoms with Gasteiger partial charge in [-0.15, -0.1) is 21.8 Å². The predicted molar refractivity (Wildman–Crippen MR) is 123 cm³/mol. The summed E-state index contributed by atoms with van der Waals surface area (Å²) in [6, 6.07) is 0.964. The first-order valence-corrected chi connectivity index (χ1v) is 11.8. The molecular formula is C18H16BrCl2N7O4S. The van der Waals surface area contributed by atoms with E-state index >= 15 is 0 Å².